The summed E-state index contributed by atoms with van der Waals surface area (Å²) >= 11 is 3.34. The third-order valence-electron chi connectivity index (χ3n) is 2.93. The van der Waals surface area contributed by atoms with E-state index >= 15 is 0 Å². The first kappa shape index (κ1) is 17.5. The van der Waals surface area contributed by atoms with Crippen LogP contribution in [0.2, 0.25) is 0 Å². The molecule has 0 spiro atoms. The summed E-state index contributed by atoms with van der Waals surface area (Å²) in [6.07, 6.45) is 0.170. The van der Waals surface area contributed by atoms with Crippen LogP contribution in [0.3, 0.4) is 0 Å². The largest absolute Gasteiger partial charge is 0.469 e. The van der Waals surface area contributed by atoms with E-state index in [1.807, 2.05) is 13.8 Å². The van der Waals surface area contributed by atoms with Gasteiger partial charge in [0.2, 0.25) is 0 Å². The van der Waals surface area contributed by atoms with Gasteiger partial charge < -0.3 is 15.4 Å². The highest BCUT2D eigenvalue weighted by Crippen LogP contribution is 2.20. The van der Waals surface area contributed by atoms with E-state index < -0.39 is 0 Å². The lowest BCUT2D eigenvalue weighted by Crippen LogP contribution is -2.36. The van der Waals surface area contributed by atoms with E-state index in [-0.39, 0.29) is 18.3 Å². The summed E-state index contributed by atoms with van der Waals surface area (Å²) in [4.78, 5) is 25.6. The van der Waals surface area contributed by atoms with Gasteiger partial charge in [0.15, 0.2) is 0 Å². The van der Waals surface area contributed by atoms with E-state index in [9.17, 15) is 9.59 Å². The van der Waals surface area contributed by atoms with Crippen LogP contribution < -0.4 is 5.73 Å². The number of anilines is 1. The van der Waals surface area contributed by atoms with Crippen molar-refractivity contribution in [3.05, 3.63) is 28.2 Å². The molecule has 0 aliphatic rings. The SMILES string of the molecule is COC(=O)CCN(CC(C)C)C(=O)c1cc(Br)ccc1N. The lowest BCUT2D eigenvalue weighted by molar-refractivity contribution is -0.140. The second-order valence-corrected chi connectivity index (χ2v) is 6.12. The van der Waals surface area contributed by atoms with Gasteiger partial charge >= 0.3 is 5.97 Å². The van der Waals surface area contributed by atoms with Crippen LogP contribution in [0.4, 0.5) is 5.69 Å². The van der Waals surface area contributed by atoms with Gasteiger partial charge in [-0.05, 0) is 24.1 Å². The molecule has 0 unspecified atom stereocenters. The van der Waals surface area contributed by atoms with Crippen molar-refractivity contribution < 1.29 is 14.3 Å². The smallest absolute Gasteiger partial charge is 0.307 e. The minimum atomic E-state index is -0.334. The maximum absolute atomic E-state index is 12.6. The number of halogens is 1. The molecule has 116 valence electrons. The summed E-state index contributed by atoms with van der Waals surface area (Å²) in [5.74, 6) is -0.217. The van der Waals surface area contributed by atoms with Gasteiger partial charge in [0.25, 0.3) is 5.91 Å². The number of nitrogen functional groups attached to an aromatic ring is 1. The van der Waals surface area contributed by atoms with Crippen LogP contribution in [-0.4, -0.2) is 37.0 Å². The fourth-order valence-corrected chi connectivity index (χ4v) is 2.29. The number of nitrogens with zero attached hydrogens (tertiary/aromatic N) is 1. The van der Waals surface area contributed by atoms with E-state index in [4.69, 9.17) is 5.73 Å². The zero-order valence-electron chi connectivity index (χ0n) is 12.6. The average molecular weight is 357 g/mol. The van der Waals surface area contributed by atoms with Crippen molar-refractivity contribution in [1.29, 1.82) is 0 Å². The Morgan fingerprint density at radius 3 is 2.62 bits per heavy atom. The number of benzene rings is 1. The molecule has 6 heteroatoms. The number of nitrogens with two attached hydrogens (primary N) is 1. The van der Waals surface area contributed by atoms with E-state index in [2.05, 4.69) is 20.7 Å². The predicted molar refractivity (Wildman–Crippen MR) is 85.9 cm³/mol. The first-order chi connectivity index (χ1) is 9.85. The minimum Gasteiger partial charge on any atom is -0.469 e. The number of esters is 1. The molecule has 0 bridgehead atoms. The van der Waals surface area contributed by atoms with Gasteiger partial charge in [-0.3, -0.25) is 9.59 Å². The summed E-state index contributed by atoms with van der Waals surface area (Å²) in [6, 6.07) is 5.17. The molecule has 1 rings (SSSR count). The highest BCUT2D eigenvalue weighted by molar-refractivity contribution is 9.10. The molecular formula is C15H21BrN2O3. The zero-order valence-corrected chi connectivity index (χ0v) is 14.1. The number of carbonyl (C=O) groups is 2. The second-order valence-electron chi connectivity index (χ2n) is 5.20. The van der Waals surface area contributed by atoms with Gasteiger partial charge in [0.05, 0.1) is 19.1 Å². The van der Waals surface area contributed by atoms with E-state index in [0.717, 1.165) is 4.47 Å². The van der Waals surface area contributed by atoms with Crippen LogP contribution in [0.1, 0.15) is 30.6 Å². The lowest BCUT2D eigenvalue weighted by atomic mass is 10.1. The van der Waals surface area contributed by atoms with Crippen molar-refractivity contribution in [2.75, 3.05) is 25.9 Å². The number of amides is 1. The molecule has 0 aromatic heterocycles. The Morgan fingerprint density at radius 1 is 1.38 bits per heavy atom. The number of carbonyl (C=O) groups excluding carboxylic acids is 2. The molecule has 21 heavy (non-hydrogen) atoms. The molecule has 5 nitrogen and oxygen atoms in total. The zero-order chi connectivity index (χ0) is 16.0. The molecule has 0 radical (unpaired) electrons. The van der Waals surface area contributed by atoms with E-state index in [1.54, 1.807) is 23.1 Å². The molecule has 0 fully saturated rings. The Morgan fingerprint density at radius 2 is 2.05 bits per heavy atom. The molecule has 0 saturated heterocycles. The summed E-state index contributed by atoms with van der Waals surface area (Å²) in [5.41, 5.74) is 6.75. The molecule has 0 atom stereocenters. The van der Waals surface area contributed by atoms with Crippen LogP contribution in [0.15, 0.2) is 22.7 Å². The quantitative estimate of drug-likeness (QED) is 0.628. The Labute approximate surface area is 133 Å². The molecular weight excluding hydrogens is 336 g/mol. The highest BCUT2D eigenvalue weighted by Gasteiger charge is 2.20. The standard InChI is InChI=1S/C15H21BrN2O3/c1-10(2)9-18(7-6-14(19)21-3)15(20)12-8-11(16)4-5-13(12)17/h4-5,8,10H,6-7,9,17H2,1-3H3. The number of hydrogen-bond acceptors (Lipinski definition) is 4. The predicted octanol–water partition coefficient (Wildman–Crippen LogP) is 2.69. The first-order valence-electron chi connectivity index (χ1n) is 6.76. The molecule has 0 aliphatic heterocycles. The maximum Gasteiger partial charge on any atom is 0.307 e. The number of hydrogen-bond donors (Lipinski definition) is 1. The summed E-state index contributed by atoms with van der Waals surface area (Å²) in [5, 5.41) is 0. The molecule has 1 aromatic rings. The number of ether oxygens (including phenoxy) is 1. The van der Waals surface area contributed by atoms with Crippen molar-refractivity contribution >= 4 is 33.5 Å². The highest BCUT2D eigenvalue weighted by atomic mass is 79.9. The van der Waals surface area contributed by atoms with E-state index in [0.29, 0.717) is 30.3 Å². The Bertz CT molecular complexity index is 518. The Balaban J connectivity index is 2.93. The normalized spacial score (nSPS) is 10.5. The maximum atomic E-state index is 12.6. The monoisotopic (exact) mass is 356 g/mol. The number of rotatable bonds is 6. The van der Waals surface area contributed by atoms with Gasteiger partial charge in [-0.15, -0.1) is 0 Å². The topological polar surface area (TPSA) is 72.6 Å². The van der Waals surface area contributed by atoms with Crippen LogP contribution in [-0.2, 0) is 9.53 Å². The van der Waals surface area contributed by atoms with Gasteiger partial charge in [0.1, 0.15) is 0 Å². The summed E-state index contributed by atoms with van der Waals surface area (Å²) < 4.78 is 5.41. The van der Waals surface area contributed by atoms with Gasteiger partial charge in [-0.2, -0.15) is 0 Å². The molecule has 0 saturated carbocycles. The molecule has 1 aromatic carbocycles. The van der Waals surface area contributed by atoms with Crippen molar-refractivity contribution in [3.63, 3.8) is 0 Å². The van der Waals surface area contributed by atoms with Crippen LogP contribution >= 0.6 is 15.9 Å². The molecule has 0 heterocycles. The van der Waals surface area contributed by atoms with Gasteiger partial charge in [0, 0.05) is 23.2 Å². The molecule has 2 N–H and O–H groups in total. The Hall–Kier alpha value is -1.56. The second kappa shape index (κ2) is 8.02. The molecule has 0 aliphatic carbocycles. The van der Waals surface area contributed by atoms with Crippen molar-refractivity contribution in [3.8, 4) is 0 Å². The van der Waals surface area contributed by atoms with Crippen molar-refractivity contribution in [2.45, 2.75) is 20.3 Å². The summed E-state index contributed by atoms with van der Waals surface area (Å²) in [6.45, 7) is 4.91. The van der Waals surface area contributed by atoms with Gasteiger partial charge in [-0.1, -0.05) is 29.8 Å². The fraction of sp³-hybridized carbons (Fsp3) is 0.467. The first-order valence-corrected chi connectivity index (χ1v) is 7.55. The minimum absolute atomic E-state index is 0.170. The fourth-order valence-electron chi connectivity index (χ4n) is 1.93. The van der Waals surface area contributed by atoms with E-state index in [1.165, 1.54) is 7.11 Å². The third-order valence-corrected chi connectivity index (χ3v) is 3.43. The Kier molecular flexibility index (Phi) is 6.68. The van der Waals surface area contributed by atoms with Crippen molar-refractivity contribution in [1.82, 2.24) is 4.90 Å². The van der Waals surface area contributed by atoms with Crippen LogP contribution in [0.5, 0.6) is 0 Å². The molecule has 1 amide bonds. The van der Waals surface area contributed by atoms with Gasteiger partial charge in [-0.25, -0.2) is 0 Å². The lowest BCUT2D eigenvalue weighted by Gasteiger charge is -2.25. The number of methoxy groups -OCH3 is 1. The van der Waals surface area contributed by atoms with Crippen LogP contribution in [0, 0.1) is 5.92 Å². The summed E-state index contributed by atoms with van der Waals surface area (Å²) in [7, 11) is 1.34. The third kappa shape index (κ3) is 5.38. The van der Waals surface area contributed by atoms with Crippen LogP contribution in [0.25, 0.3) is 0 Å². The average Bonchev–Trinajstić information content (AvgIpc) is 2.44. The van der Waals surface area contributed by atoms with Crippen molar-refractivity contribution in [2.24, 2.45) is 5.92 Å².